The largest absolute Gasteiger partial charge is 0.394 e. The summed E-state index contributed by atoms with van der Waals surface area (Å²) in [4.78, 5) is 4.37. The van der Waals surface area contributed by atoms with E-state index in [1.54, 1.807) is 11.8 Å². The summed E-state index contributed by atoms with van der Waals surface area (Å²) in [7, 11) is 0. The molecule has 0 aromatic carbocycles. The fraction of sp³-hybridized carbons (Fsp3) is 0.545. The van der Waals surface area contributed by atoms with E-state index < -0.39 is 12.2 Å². The van der Waals surface area contributed by atoms with Crippen LogP contribution in [0.3, 0.4) is 0 Å². The highest BCUT2D eigenvalue weighted by atomic mass is 79.9. The van der Waals surface area contributed by atoms with Gasteiger partial charge in [-0.1, -0.05) is 6.07 Å². The summed E-state index contributed by atoms with van der Waals surface area (Å²) in [6.45, 7) is -0.157. The molecule has 0 aliphatic carbocycles. The molecule has 1 aromatic rings. The van der Waals surface area contributed by atoms with E-state index in [2.05, 4.69) is 20.9 Å². The number of aliphatic hydroxyl groups excluding tert-OH is 2. The molecular weight excluding hydrogens is 306 g/mol. The van der Waals surface area contributed by atoms with Crippen molar-refractivity contribution < 1.29 is 14.9 Å². The molecule has 1 saturated heterocycles. The Hall–Kier alpha value is -0.140. The molecule has 1 fully saturated rings. The second kappa shape index (κ2) is 5.67. The molecule has 2 rings (SSSR count). The second-order valence-corrected chi connectivity index (χ2v) is 5.49. The third kappa shape index (κ3) is 2.82. The van der Waals surface area contributed by atoms with Crippen molar-refractivity contribution in [3.8, 4) is 0 Å². The van der Waals surface area contributed by atoms with Crippen molar-refractivity contribution in [2.75, 3.05) is 12.9 Å². The molecule has 0 radical (unpaired) electrons. The van der Waals surface area contributed by atoms with Crippen LogP contribution in [0.5, 0.6) is 0 Å². The van der Waals surface area contributed by atoms with Gasteiger partial charge in [0.2, 0.25) is 0 Å². The van der Waals surface area contributed by atoms with Gasteiger partial charge in [0.05, 0.1) is 18.8 Å². The number of thioether (sulfide) groups is 1. The highest BCUT2D eigenvalue weighted by molar-refractivity contribution is 9.10. The maximum Gasteiger partial charge on any atom is 0.107 e. The first-order valence-electron chi connectivity index (χ1n) is 5.30. The number of rotatable bonds is 3. The minimum atomic E-state index is -0.608. The molecule has 17 heavy (non-hydrogen) atoms. The highest BCUT2D eigenvalue weighted by Gasteiger charge is 2.35. The molecule has 3 atom stereocenters. The minimum Gasteiger partial charge on any atom is -0.394 e. The van der Waals surface area contributed by atoms with Crippen molar-refractivity contribution >= 4 is 27.7 Å². The maximum absolute atomic E-state index is 9.72. The van der Waals surface area contributed by atoms with E-state index in [-0.39, 0.29) is 12.7 Å². The van der Waals surface area contributed by atoms with Gasteiger partial charge < -0.3 is 14.9 Å². The molecule has 2 heterocycles. The summed E-state index contributed by atoms with van der Waals surface area (Å²) in [6, 6.07) is 3.80. The fourth-order valence-corrected chi connectivity index (χ4v) is 2.98. The Morgan fingerprint density at radius 3 is 2.94 bits per heavy atom. The highest BCUT2D eigenvalue weighted by Crippen LogP contribution is 2.37. The van der Waals surface area contributed by atoms with Gasteiger partial charge in [-0.2, -0.15) is 0 Å². The zero-order valence-corrected chi connectivity index (χ0v) is 11.7. The predicted molar refractivity (Wildman–Crippen MR) is 69.0 cm³/mol. The van der Waals surface area contributed by atoms with Crippen molar-refractivity contribution in [2.24, 2.45) is 0 Å². The normalized spacial score (nSPS) is 28.6. The summed E-state index contributed by atoms with van der Waals surface area (Å²) in [5.41, 5.74) is 0.968. The average molecular weight is 320 g/mol. The summed E-state index contributed by atoms with van der Waals surface area (Å²) >= 11 is 4.87. The fourth-order valence-electron chi connectivity index (χ4n) is 1.93. The Morgan fingerprint density at radius 2 is 2.35 bits per heavy atom. The molecule has 0 spiro atoms. The van der Waals surface area contributed by atoms with Crippen LogP contribution < -0.4 is 0 Å². The van der Waals surface area contributed by atoms with E-state index in [1.165, 1.54) is 0 Å². The third-order valence-electron chi connectivity index (χ3n) is 2.80. The van der Waals surface area contributed by atoms with Crippen LogP contribution in [0.4, 0.5) is 0 Å². The molecule has 0 bridgehead atoms. The Labute approximate surface area is 113 Å². The smallest absolute Gasteiger partial charge is 0.107 e. The van der Waals surface area contributed by atoms with Crippen LogP contribution in [0.2, 0.25) is 0 Å². The lowest BCUT2D eigenvalue weighted by molar-refractivity contribution is -0.0233. The van der Waals surface area contributed by atoms with E-state index in [0.29, 0.717) is 6.42 Å². The Bertz CT molecular complexity index is 404. The van der Waals surface area contributed by atoms with E-state index in [4.69, 9.17) is 9.84 Å². The van der Waals surface area contributed by atoms with Crippen LogP contribution >= 0.6 is 27.7 Å². The van der Waals surface area contributed by atoms with Gasteiger partial charge >= 0.3 is 0 Å². The number of aliphatic hydroxyl groups is 2. The first-order chi connectivity index (χ1) is 8.15. The Balaban J connectivity index is 2.23. The van der Waals surface area contributed by atoms with Gasteiger partial charge in [0.15, 0.2) is 0 Å². The predicted octanol–water partition coefficient (Wildman–Crippen LogP) is 1.75. The van der Waals surface area contributed by atoms with Crippen molar-refractivity contribution in [1.29, 1.82) is 0 Å². The summed E-state index contributed by atoms with van der Waals surface area (Å²) in [6.07, 6.45) is 1.17. The van der Waals surface area contributed by atoms with Gasteiger partial charge in [0.1, 0.15) is 15.7 Å². The number of pyridine rings is 1. The van der Waals surface area contributed by atoms with Gasteiger partial charge in [-0.05, 0) is 28.3 Å². The van der Waals surface area contributed by atoms with Crippen LogP contribution in [0.25, 0.3) is 0 Å². The zero-order chi connectivity index (χ0) is 12.4. The van der Waals surface area contributed by atoms with Crippen molar-refractivity contribution in [3.63, 3.8) is 0 Å². The van der Waals surface area contributed by atoms with Crippen LogP contribution in [0.15, 0.2) is 21.8 Å². The van der Waals surface area contributed by atoms with E-state index in [9.17, 15) is 5.11 Å². The summed E-state index contributed by atoms with van der Waals surface area (Å²) in [5, 5.41) is 19.7. The average Bonchev–Trinajstić information content (AvgIpc) is 2.70. The molecule has 1 aliphatic rings. The van der Waals surface area contributed by atoms with Crippen LogP contribution in [-0.4, -0.2) is 40.3 Å². The molecule has 4 nitrogen and oxygen atoms in total. The first kappa shape index (κ1) is 13.3. The van der Waals surface area contributed by atoms with Crippen LogP contribution in [-0.2, 0) is 4.74 Å². The quantitative estimate of drug-likeness (QED) is 0.656. The van der Waals surface area contributed by atoms with Gasteiger partial charge in [0, 0.05) is 12.0 Å². The monoisotopic (exact) mass is 319 g/mol. The zero-order valence-electron chi connectivity index (χ0n) is 9.34. The standard InChI is InChI=1S/C11H14BrNO3S/c1-17-11-6(2-3-10(12)13-11)8-4-7(15)9(5-14)16-8/h2-3,7-9,14-15H,4-5H2,1H3/t7-,8+,9+/m0/s1. The molecule has 0 amide bonds. The Kier molecular flexibility index (Phi) is 4.43. The molecule has 0 saturated carbocycles. The van der Waals surface area contributed by atoms with Gasteiger partial charge in [-0.15, -0.1) is 11.8 Å². The number of aromatic nitrogens is 1. The Morgan fingerprint density at radius 1 is 1.59 bits per heavy atom. The topological polar surface area (TPSA) is 62.6 Å². The minimum absolute atomic E-state index is 0.157. The molecule has 2 N–H and O–H groups in total. The maximum atomic E-state index is 9.72. The second-order valence-electron chi connectivity index (χ2n) is 3.88. The molecular formula is C11H14BrNO3S. The van der Waals surface area contributed by atoms with Crippen molar-refractivity contribution in [2.45, 2.75) is 29.8 Å². The molecule has 0 unspecified atom stereocenters. The summed E-state index contributed by atoms with van der Waals surface area (Å²) < 4.78 is 6.40. The van der Waals surface area contributed by atoms with Gasteiger partial charge in [0.25, 0.3) is 0 Å². The van der Waals surface area contributed by atoms with E-state index in [0.717, 1.165) is 15.2 Å². The number of hydrogen-bond donors (Lipinski definition) is 2. The van der Waals surface area contributed by atoms with Crippen molar-refractivity contribution in [1.82, 2.24) is 4.98 Å². The van der Waals surface area contributed by atoms with Gasteiger partial charge in [-0.25, -0.2) is 4.98 Å². The lowest BCUT2D eigenvalue weighted by Gasteiger charge is -2.14. The first-order valence-corrected chi connectivity index (χ1v) is 7.32. The number of halogens is 1. The van der Waals surface area contributed by atoms with E-state index >= 15 is 0 Å². The summed E-state index contributed by atoms with van der Waals surface area (Å²) in [5.74, 6) is 0. The lowest BCUT2D eigenvalue weighted by atomic mass is 10.1. The molecule has 6 heteroatoms. The van der Waals surface area contributed by atoms with Crippen LogP contribution in [0.1, 0.15) is 18.1 Å². The van der Waals surface area contributed by atoms with E-state index in [1.807, 2.05) is 18.4 Å². The van der Waals surface area contributed by atoms with Crippen LogP contribution in [0, 0.1) is 0 Å². The molecule has 94 valence electrons. The molecule has 1 aromatic heterocycles. The number of hydrogen-bond acceptors (Lipinski definition) is 5. The third-order valence-corrected chi connectivity index (χ3v) is 3.96. The van der Waals surface area contributed by atoms with Gasteiger partial charge in [-0.3, -0.25) is 0 Å². The number of nitrogens with zero attached hydrogens (tertiary/aromatic N) is 1. The number of ether oxygens (including phenoxy) is 1. The molecule has 1 aliphatic heterocycles. The van der Waals surface area contributed by atoms with Crippen molar-refractivity contribution in [3.05, 3.63) is 22.3 Å². The SMILES string of the molecule is CSc1nc(Br)ccc1[C@H]1C[C@H](O)[C@@H](CO)O1. The lowest BCUT2D eigenvalue weighted by Crippen LogP contribution is -2.24.